The molecule has 1 aliphatic rings. The van der Waals surface area contributed by atoms with Gasteiger partial charge in [-0.05, 0) is 0 Å². The predicted molar refractivity (Wildman–Crippen MR) is 51.8 cm³/mol. The Kier molecular flexibility index (Phi) is 4.55. The number of carbonyl (C=O) groups is 1. The third kappa shape index (κ3) is 2.03. The lowest BCUT2D eigenvalue weighted by atomic mass is 10.1. The number of aromatic amines is 1. The molecule has 1 aliphatic heterocycles. The molecule has 0 saturated carbocycles. The van der Waals surface area contributed by atoms with Crippen molar-refractivity contribution in [1.29, 1.82) is 0 Å². The van der Waals surface area contributed by atoms with Crippen molar-refractivity contribution in [3.63, 3.8) is 0 Å². The molecule has 0 unspecified atom stereocenters. The highest BCUT2D eigenvalue weighted by Gasteiger charge is 2.20. The predicted octanol–water partition coefficient (Wildman–Crippen LogP) is -0.649. The summed E-state index contributed by atoms with van der Waals surface area (Å²) in [7, 11) is 0. The quantitative estimate of drug-likeness (QED) is 0.585. The lowest BCUT2D eigenvalue weighted by Crippen LogP contribution is -2.24. The maximum Gasteiger partial charge on any atom is 0.356 e. The molecule has 0 aliphatic carbocycles. The van der Waals surface area contributed by atoms with Gasteiger partial charge in [-0.2, -0.15) is 5.10 Å². The zero-order valence-corrected chi connectivity index (χ0v) is 8.15. The van der Waals surface area contributed by atoms with Crippen LogP contribution in [0.3, 0.4) is 0 Å². The number of aromatic carboxylic acids is 1. The van der Waals surface area contributed by atoms with Crippen LogP contribution in [0.5, 0.6) is 0 Å². The number of carboxylic acid groups (broad SMARTS) is 1. The van der Waals surface area contributed by atoms with E-state index in [1.54, 1.807) is 0 Å². The molecule has 2 heterocycles. The summed E-state index contributed by atoms with van der Waals surface area (Å²) in [6.07, 6.45) is 0.829. The first-order valence-electron chi connectivity index (χ1n) is 3.79. The molecule has 14 heavy (non-hydrogen) atoms. The number of halogens is 1. The Morgan fingerprint density at radius 1 is 1.50 bits per heavy atom. The van der Waals surface area contributed by atoms with E-state index in [1.165, 1.54) is 0 Å². The van der Waals surface area contributed by atoms with Crippen molar-refractivity contribution in [2.24, 2.45) is 0 Å². The third-order valence-corrected chi connectivity index (χ3v) is 2.01. The van der Waals surface area contributed by atoms with E-state index < -0.39 is 5.97 Å². The number of hydrogen-bond donors (Lipinski definition) is 3. The van der Waals surface area contributed by atoms with Gasteiger partial charge >= 0.3 is 5.97 Å². The normalized spacial score (nSPS) is 13.4. The topological polar surface area (TPSA) is 110 Å². The van der Waals surface area contributed by atoms with Crippen LogP contribution >= 0.6 is 12.4 Å². The van der Waals surface area contributed by atoms with E-state index in [2.05, 4.69) is 15.5 Å². The van der Waals surface area contributed by atoms with Gasteiger partial charge < -0.3 is 15.9 Å². The van der Waals surface area contributed by atoms with Crippen molar-refractivity contribution >= 4 is 18.4 Å². The second-order valence-electron chi connectivity index (χ2n) is 2.76. The summed E-state index contributed by atoms with van der Waals surface area (Å²) in [4.78, 5) is 10.6. The van der Waals surface area contributed by atoms with Crippen molar-refractivity contribution in [3.8, 4) is 0 Å². The van der Waals surface area contributed by atoms with Gasteiger partial charge in [0.25, 0.3) is 0 Å². The Morgan fingerprint density at radius 2 is 2.21 bits per heavy atom. The SMILES string of the molecule is Cl.O.O=C(O)c1n[nH]c2c1CNCC2. The van der Waals surface area contributed by atoms with Gasteiger partial charge in [-0.15, -0.1) is 12.4 Å². The fraction of sp³-hybridized carbons (Fsp3) is 0.429. The zero-order valence-electron chi connectivity index (χ0n) is 7.33. The summed E-state index contributed by atoms with van der Waals surface area (Å²) in [6, 6.07) is 0. The number of rotatable bonds is 1. The monoisotopic (exact) mass is 221 g/mol. The molecule has 6 nitrogen and oxygen atoms in total. The van der Waals surface area contributed by atoms with Crippen molar-refractivity contribution in [3.05, 3.63) is 17.0 Å². The first-order chi connectivity index (χ1) is 5.79. The molecule has 0 atom stereocenters. The van der Waals surface area contributed by atoms with Gasteiger partial charge in [-0.3, -0.25) is 5.10 Å². The number of hydrogen-bond acceptors (Lipinski definition) is 3. The highest BCUT2D eigenvalue weighted by Crippen LogP contribution is 2.14. The fourth-order valence-corrected chi connectivity index (χ4v) is 1.40. The van der Waals surface area contributed by atoms with Gasteiger partial charge in [0.15, 0.2) is 5.69 Å². The van der Waals surface area contributed by atoms with Crippen molar-refractivity contribution in [2.45, 2.75) is 13.0 Å². The molecular formula is C7H12ClN3O3. The van der Waals surface area contributed by atoms with Crippen LogP contribution in [0.15, 0.2) is 0 Å². The number of nitrogens with one attached hydrogen (secondary N) is 2. The molecule has 0 saturated heterocycles. The van der Waals surface area contributed by atoms with Crippen molar-refractivity contribution in [2.75, 3.05) is 6.54 Å². The number of H-pyrrole nitrogens is 1. The van der Waals surface area contributed by atoms with Crippen LogP contribution < -0.4 is 5.32 Å². The number of aromatic nitrogens is 2. The minimum absolute atomic E-state index is 0. The van der Waals surface area contributed by atoms with Crippen LogP contribution in [0, 0.1) is 0 Å². The molecule has 0 fully saturated rings. The maximum absolute atomic E-state index is 10.6. The first kappa shape index (κ1) is 12.9. The van der Waals surface area contributed by atoms with Gasteiger partial charge in [-0.1, -0.05) is 0 Å². The second kappa shape index (κ2) is 4.94. The number of fused-ring (bicyclic) bond motifs is 1. The standard InChI is InChI=1S/C7H9N3O2.ClH.H2O/c11-7(12)6-4-3-8-2-1-5(4)9-10-6;;/h8H,1-3H2,(H,9,10)(H,11,12);1H;1H2. The van der Waals surface area contributed by atoms with Crippen LogP contribution in [0.4, 0.5) is 0 Å². The highest BCUT2D eigenvalue weighted by molar-refractivity contribution is 5.87. The molecular weight excluding hydrogens is 210 g/mol. The Balaban J connectivity index is 0.000000845. The van der Waals surface area contributed by atoms with E-state index in [0.717, 1.165) is 24.2 Å². The number of carboxylic acids is 1. The molecule has 0 radical (unpaired) electrons. The Hall–Kier alpha value is -1.11. The summed E-state index contributed by atoms with van der Waals surface area (Å²) >= 11 is 0. The highest BCUT2D eigenvalue weighted by atomic mass is 35.5. The van der Waals surface area contributed by atoms with Gasteiger partial charge in [0, 0.05) is 30.8 Å². The lowest BCUT2D eigenvalue weighted by molar-refractivity contribution is 0.0689. The van der Waals surface area contributed by atoms with E-state index in [9.17, 15) is 4.79 Å². The van der Waals surface area contributed by atoms with Crippen LogP contribution in [0.1, 0.15) is 21.7 Å². The van der Waals surface area contributed by atoms with E-state index >= 15 is 0 Å². The molecule has 0 amide bonds. The van der Waals surface area contributed by atoms with Crippen LogP contribution in [-0.2, 0) is 13.0 Å². The lowest BCUT2D eigenvalue weighted by Gasteiger charge is -2.11. The van der Waals surface area contributed by atoms with E-state index in [1.807, 2.05) is 0 Å². The van der Waals surface area contributed by atoms with Crippen LogP contribution in [0.2, 0.25) is 0 Å². The van der Waals surface area contributed by atoms with Gasteiger partial charge in [0.1, 0.15) is 0 Å². The molecule has 7 heteroatoms. The summed E-state index contributed by atoms with van der Waals surface area (Å²) in [6.45, 7) is 1.49. The molecule has 1 aromatic rings. The fourth-order valence-electron chi connectivity index (χ4n) is 1.40. The second-order valence-corrected chi connectivity index (χ2v) is 2.76. The molecule has 0 bridgehead atoms. The minimum Gasteiger partial charge on any atom is -0.476 e. The maximum atomic E-state index is 10.6. The molecule has 80 valence electrons. The average Bonchev–Trinajstić information content (AvgIpc) is 2.47. The summed E-state index contributed by atoms with van der Waals surface area (Å²) in [5.74, 6) is -0.962. The molecule has 0 aromatic carbocycles. The van der Waals surface area contributed by atoms with Crippen LogP contribution in [-0.4, -0.2) is 33.3 Å². The average molecular weight is 222 g/mol. The molecule has 1 aromatic heterocycles. The van der Waals surface area contributed by atoms with Crippen molar-refractivity contribution < 1.29 is 15.4 Å². The Labute approximate surface area is 86.4 Å². The van der Waals surface area contributed by atoms with Gasteiger partial charge in [-0.25, -0.2) is 4.79 Å². The molecule has 2 rings (SSSR count). The largest absolute Gasteiger partial charge is 0.476 e. The third-order valence-electron chi connectivity index (χ3n) is 2.01. The van der Waals surface area contributed by atoms with E-state index in [-0.39, 0.29) is 23.6 Å². The van der Waals surface area contributed by atoms with Gasteiger partial charge in [0.2, 0.25) is 0 Å². The van der Waals surface area contributed by atoms with Crippen LogP contribution in [0.25, 0.3) is 0 Å². The Bertz CT molecular complexity index is 326. The van der Waals surface area contributed by atoms with E-state index in [0.29, 0.717) is 6.54 Å². The van der Waals surface area contributed by atoms with Crippen molar-refractivity contribution in [1.82, 2.24) is 15.5 Å². The smallest absolute Gasteiger partial charge is 0.356 e. The zero-order chi connectivity index (χ0) is 8.55. The first-order valence-corrected chi connectivity index (χ1v) is 3.79. The number of nitrogens with zero attached hydrogens (tertiary/aromatic N) is 1. The Morgan fingerprint density at radius 3 is 2.86 bits per heavy atom. The molecule has 5 N–H and O–H groups in total. The van der Waals surface area contributed by atoms with E-state index in [4.69, 9.17) is 5.11 Å². The summed E-state index contributed by atoms with van der Waals surface area (Å²) in [5.41, 5.74) is 1.90. The van der Waals surface area contributed by atoms with Gasteiger partial charge in [0.05, 0.1) is 0 Å². The summed E-state index contributed by atoms with van der Waals surface area (Å²) in [5, 5.41) is 18.3. The molecule has 0 spiro atoms. The summed E-state index contributed by atoms with van der Waals surface area (Å²) < 4.78 is 0. The minimum atomic E-state index is -0.962.